The van der Waals surface area contributed by atoms with Crippen molar-refractivity contribution in [3.8, 4) is 0 Å². The first kappa shape index (κ1) is 12.0. The van der Waals surface area contributed by atoms with Crippen molar-refractivity contribution >= 4 is 11.6 Å². The molecule has 0 saturated carbocycles. The Bertz CT molecular complexity index is 125. The van der Waals surface area contributed by atoms with Gasteiger partial charge < -0.3 is 0 Å². The number of hydrogen-bond acceptors (Lipinski definition) is 0. The van der Waals surface area contributed by atoms with Crippen molar-refractivity contribution in [1.29, 1.82) is 0 Å². The summed E-state index contributed by atoms with van der Waals surface area (Å²) in [6.45, 7) is 6.75. The largest absolute Gasteiger partial charge is 0.126 e. The molecule has 0 bridgehead atoms. The zero-order valence-electron chi connectivity index (χ0n) is 8.57. The van der Waals surface area contributed by atoms with E-state index in [0.29, 0.717) is 0 Å². The summed E-state index contributed by atoms with van der Waals surface area (Å²) in [4.78, 5) is 0. The van der Waals surface area contributed by atoms with Crippen LogP contribution in [0.2, 0.25) is 0 Å². The van der Waals surface area contributed by atoms with Crippen LogP contribution in [0.4, 0.5) is 0 Å². The van der Waals surface area contributed by atoms with E-state index in [1.165, 1.54) is 24.8 Å². The average molecular weight is 189 g/mol. The zero-order chi connectivity index (χ0) is 9.40. The van der Waals surface area contributed by atoms with Crippen molar-refractivity contribution in [1.82, 2.24) is 0 Å². The van der Waals surface area contributed by atoms with Gasteiger partial charge in [0.05, 0.1) is 0 Å². The molecule has 0 N–H and O–H groups in total. The first-order valence-electron chi connectivity index (χ1n) is 4.88. The molecule has 0 unspecified atom stereocenters. The summed E-state index contributed by atoms with van der Waals surface area (Å²) in [6.07, 6.45) is 7.19. The Balaban J connectivity index is 3.36. The van der Waals surface area contributed by atoms with Crippen LogP contribution in [-0.2, 0) is 0 Å². The van der Waals surface area contributed by atoms with E-state index in [4.69, 9.17) is 11.6 Å². The minimum atomic E-state index is 0.752. The van der Waals surface area contributed by atoms with E-state index in [1.807, 2.05) is 0 Å². The molecule has 0 aliphatic heterocycles. The van der Waals surface area contributed by atoms with Gasteiger partial charge in [-0.2, -0.15) is 0 Å². The summed E-state index contributed by atoms with van der Waals surface area (Å²) in [7, 11) is 0. The third-order valence-electron chi connectivity index (χ3n) is 1.95. The first-order chi connectivity index (χ1) is 5.66. The smallest absolute Gasteiger partial charge is 0.0258 e. The summed E-state index contributed by atoms with van der Waals surface area (Å²) in [5.74, 6) is 1.59. The van der Waals surface area contributed by atoms with Gasteiger partial charge in [-0.1, -0.05) is 31.9 Å². The van der Waals surface area contributed by atoms with E-state index < -0.39 is 0 Å². The molecule has 0 heterocycles. The number of hydrogen-bond donors (Lipinski definition) is 0. The van der Waals surface area contributed by atoms with E-state index in [9.17, 15) is 0 Å². The lowest BCUT2D eigenvalue weighted by Crippen LogP contribution is -1.87. The van der Waals surface area contributed by atoms with Crippen molar-refractivity contribution in [3.63, 3.8) is 0 Å². The van der Waals surface area contributed by atoms with Gasteiger partial charge in [-0.25, -0.2) is 0 Å². The molecule has 0 saturated heterocycles. The fraction of sp³-hybridized carbons (Fsp3) is 0.818. The fourth-order valence-corrected chi connectivity index (χ4v) is 1.30. The summed E-state index contributed by atoms with van der Waals surface area (Å²) in [5.41, 5.74) is 1.50. The normalized spacial score (nSPS) is 12.6. The molecule has 1 heteroatoms. The standard InChI is InChI=1S/C11H21Cl/c1-10(2)6-4-7-11(3)8-5-9-12/h8,10H,4-7,9H2,1-3H3. The van der Waals surface area contributed by atoms with Gasteiger partial charge in [-0.05, 0) is 32.1 Å². The highest BCUT2D eigenvalue weighted by Gasteiger charge is 1.94. The van der Waals surface area contributed by atoms with Gasteiger partial charge in [-0.15, -0.1) is 11.6 Å². The van der Waals surface area contributed by atoms with Crippen molar-refractivity contribution in [2.45, 2.75) is 46.5 Å². The van der Waals surface area contributed by atoms with E-state index in [2.05, 4.69) is 26.8 Å². The average Bonchev–Trinajstić information content (AvgIpc) is 2.00. The summed E-state index contributed by atoms with van der Waals surface area (Å²) in [6, 6.07) is 0. The zero-order valence-corrected chi connectivity index (χ0v) is 9.32. The molecule has 12 heavy (non-hydrogen) atoms. The van der Waals surface area contributed by atoms with Gasteiger partial charge in [0.2, 0.25) is 0 Å². The minimum absolute atomic E-state index is 0.752. The van der Waals surface area contributed by atoms with E-state index >= 15 is 0 Å². The predicted molar refractivity (Wildman–Crippen MR) is 57.8 cm³/mol. The molecule has 72 valence electrons. The van der Waals surface area contributed by atoms with Gasteiger partial charge in [0.15, 0.2) is 0 Å². The van der Waals surface area contributed by atoms with Crippen LogP contribution in [0.25, 0.3) is 0 Å². The second kappa shape index (κ2) is 7.67. The van der Waals surface area contributed by atoms with Crippen LogP contribution in [0.1, 0.15) is 46.5 Å². The van der Waals surface area contributed by atoms with E-state index in [0.717, 1.165) is 18.2 Å². The molecule has 0 fully saturated rings. The van der Waals surface area contributed by atoms with Crippen molar-refractivity contribution in [3.05, 3.63) is 11.6 Å². The van der Waals surface area contributed by atoms with Crippen LogP contribution in [-0.4, -0.2) is 5.88 Å². The lowest BCUT2D eigenvalue weighted by atomic mass is 10.0. The molecule has 0 amide bonds. The Hall–Kier alpha value is 0.0300. The second-order valence-electron chi connectivity index (χ2n) is 3.81. The maximum Gasteiger partial charge on any atom is 0.0258 e. The van der Waals surface area contributed by atoms with Gasteiger partial charge in [-0.3, -0.25) is 0 Å². The molecule has 0 spiro atoms. The van der Waals surface area contributed by atoms with Crippen LogP contribution in [0.5, 0.6) is 0 Å². The minimum Gasteiger partial charge on any atom is -0.126 e. The Morgan fingerprint density at radius 1 is 1.42 bits per heavy atom. The number of allylic oxidation sites excluding steroid dienone is 2. The summed E-state index contributed by atoms with van der Waals surface area (Å²) >= 11 is 5.59. The third-order valence-corrected chi connectivity index (χ3v) is 2.17. The van der Waals surface area contributed by atoms with Crippen molar-refractivity contribution < 1.29 is 0 Å². The molecule has 0 aromatic heterocycles. The Labute approximate surface area is 82.0 Å². The molecule has 0 aliphatic rings. The van der Waals surface area contributed by atoms with Crippen LogP contribution in [0.3, 0.4) is 0 Å². The summed E-state index contributed by atoms with van der Waals surface area (Å²) in [5, 5.41) is 0. The maximum absolute atomic E-state index is 5.59. The van der Waals surface area contributed by atoms with Crippen LogP contribution >= 0.6 is 11.6 Å². The monoisotopic (exact) mass is 188 g/mol. The molecule has 0 radical (unpaired) electrons. The number of alkyl halides is 1. The van der Waals surface area contributed by atoms with Gasteiger partial charge in [0.1, 0.15) is 0 Å². The fourth-order valence-electron chi connectivity index (χ4n) is 1.19. The molecular weight excluding hydrogens is 168 g/mol. The SMILES string of the molecule is CC(=CCCCl)CCCC(C)C. The highest BCUT2D eigenvalue weighted by Crippen LogP contribution is 2.11. The van der Waals surface area contributed by atoms with Gasteiger partial charge in [0, 0.05) is 5.88 Å². The Kier molecular flexibility index (Phi) is 7.69. The molecule has 0 nitrogen and oxygen atoms in total. The van der Waals surface area contributed by atoms with Crippen LogP contribution < -0.4 is 0 Å². The highest BCUT2D eigenvalue weighted by atomic mass is 35.5. The lowest BCUT2D eigenvalue weighted by molar-refractivity contribution is 0.554. The highest BCUT2D eigenvalue weighted by molar-refractivity contribution is 6.17. The van der Waals surface area contributed by atoms with Crippen molar-refractivity contribution in [2.75, 3.05) is 5.88 Å². The molecule has 0 aliphatic carbocycles. The number of rotatable bonds is 6. The topological polar surface area (TPSA) is 0 Å². The molecule has 0 aromatic carbocycles. The van der Waals surface area contributed by atoms with Gasteiger partial charge >= 0.3 is 0 Å². The summed E-state index contributed by atoms with van der Waals surface area (Å²) < 4.78 is 0. The van der Waals surface area contributed by atoms with Gasteiger partial charge in [0.25, 0.3) is 0 Å². The molecule has 0 rings (SSSR count). The maximum atomic E-state index is 5.59. The first-order valence-corrected chi connectivity index (χ1v) is 5.42. The number of halogens is 1. The molecule has 0 atom stereocenters. The Morgan fingerprint density at radius 2 is 2.08 bits per heavy atom. The van der Waals surface area contributed by atoms with E-state index in [1.54, 1.807) is 0 Å². The van der Waals surface area contributed by atoms with Crippen LogP contribution in [0, 0.1) is 5.92 Å². The predicted octanol–water partition coefficient (Wildman–Crippen LogP) is 4.39. The third kappa shape index (κ3) is 8.13. The lowest BCUT2D eigenvalue weighted by Gasteiger charge is -2.04. The van der Waals surface area contributed by atoms with Crippen molar-refractivity contribution in [2.24, 2.45) is 5.92 Å². The molecule has 0 aromatic rings. The van der Waals surface area contributed by atoms with Crippen LogP contribution in [0.15, 0.2) is 11.6 Å². The quantitative estimate of drug-likeness (QED) is 0.429. The Morgan fingerprint density at radius 3 is 2.58 bits per heavy atom. The molecular formula is C11H21Cl. The second-order valence-corrected chi connectivity index (χ2v) is 4.19. The van der Waals surface area contributed by atoms with E-state index in [-0.39, 0.29) is 0 Å².